The van der Waals surface area contributed by atoms with Gasteiger partial charge in [-0.2, -0.15) is 0 Å². The minimum atomic E-state index is -1.02. The number of carboxylic acid groups (broad SMARTS) is 1. The van der Waals surface area contributed by atoms with Gasteiger partial charge in [-0.1, -0.05) is 26.3 Å². The number of carbonyl (C=O) groups is 2. The van der Waals surface area contributed by atoms with E-state index in [1.807, 2.05) is 6.92 Å². The van der Waals surface area contributed by atoms with Gasteiger partial charge in [-0.25, -0.2) is 4.79 Å². The lowest BCUT2D eigenvalue weighted by Crippen LogP contribution is -2.45. The summed E-state index contributed by atoms with van der Waals surface area (Å²) in [7, 11) is 4.57. The highest BCUT2D eigenvalue weighted by molar-refractivity contribution is 5.83. The molecule has 0 aliphatic carbocycles. The van der Waals surface area contributed by atoms with Crippen molar-refractivity contribution in [2.24, 2.45) is 5.92 Å². The zero-order chi connectivity index (χ0) is 19.0. The van der Waals surface area contributed by atoms with Crippen molar-refractivity contribution in [3.05, 3.63) is 17.7 Å². The number of amides is 1. The molecule has 1 rings (SSSR count). The Balaban J connectivity index is 2.83. The van der Waals surface area contributed by atoms with Gasteiger partial charge in [0.1, 0.15) is 6.04 Å². The van der Waals surface area contributed by atoms with E-state index in [0.717, 1.165) is 5.56 Å². The summed E-state index contributed by atoms with van der Waals surface area (Å²) in [6.07, 6.45) is 1.20. The van der Waals surface area contributed by atoms with Gasteiger partial charge in [-0.3, -0.25) is 4.79 Å². The second-order valence-corrected chi connectivity index (χ2v) is 5.76. The molecule has 2 N–H and O–H groups in total. The highest BCUT2D eigenvalue weighted by Crippen LogP contribution is 2.40. The van der Waals surface area contributed by atoms with E-state index in [-0.39, 0.29) is 18.2 Å². The van der Waals surface area contributed by atoms with Crippen molar-refractivity contribution < 1.29 is 28.9 Å². The molecular formula is C18H27NO6. The molecule has 0 bridgehead atoms. The molecule has 7 heteroatoms. The van der Waals surface area contributed by atoms with Crippen LogP contribution in [0.2, 0.25) is 0 Å². The van der Waals surface area contributed by atoms with E-state index in [9.17, 15) is 14.7 Å². The lowest BCUT2D eigenvalue weighted by molar-refractivity contribution is -0.143. The standard InChI is InChI=1S/C18H27NO6/c1-6-11(2)15(18(21)22)19-14(20)10-8-12-7-9-13(23-3)17(25-5)16(12)24-4/h7,9,11,15H,6,8,10H2,1-5H3,(H,19,20)(H,21,22). The minimum absolute atomic E-state index is 0.142. The molecular weight excluding hydrogens is 326 g/mol. The largest absolute Gasteiger partial charge is 0.493 e. The number of methoxy groups -OCH3 is 3. The Morgan fingerprint density at radius 1 is 1.12 bits per heavy atom. The second-order valence-electron chi connectivity index (χ2n) is 5.76. The first-order valence-electron chi connectivity index (χ1n) is 8.19. The minimum Gasteiger partial charge on any atom is -0.493 e. The maximum Gasteiger partial charge on any atom is 0.326 e. The van der Waals surface area contributed by atoms with Gasteiger partial charge in [-0.15, -0.1) is 0 Å². The number of hydrogen-bond donors (Lipinski definition) is 2. The average molecular weight is 353 g/mol. The van der Waals surface area contributed by atoms with Crippen molar-refractivity contribution in [1.82, 2.24) is 5.32 Å². The highest BCUT2D eigenvalue weighted by atomic mass is 16.5. The smallest absolute Gasteiger partial charge is 0.326 e. The number of aryl methyl sites for hydroxylation is 1. The summed E-state index contributed by atoms with van der Waals surface area (Å²) in [4.78, 5) is 23.5. The molecule has 2 unspecified atom stereocenters. The molecule has 1 amide bonds. The van der Waals surface area contributed by atoms with Crippen LogP contribution in [0.5, 0.6) is 17.2 Å². The number of carboxylic acids is 1. The summed E-state index contributed by atoms with van der Waals surface area (Å²) >= 11 is 0. The van der Waals surface area contributed by atoms with Crippen molar-refractivity contribution in [2.75, 3.05) is 21.3 Å². The molecule has 0 aromatic heterocycles. The van der Waals surface area contributed by atoms with E-state index in [0.29, 0.717) is 30.1 Å². The van der Waals surface area contributed by atoms with Crippen molar-refractivity contribution in [1.29, 1.82) is 0 Å². The molecule has 0 radical (unpaired) electrons. The molecule has 0 saturated heterocycles. The summed E-state index contributed by atoms with van der Waals surface area (Å²) in [5.41, 5.74) is 0.783. The van der Waals surface area contributed by atoms with Crippen molar-refractivity contribution in [3.8, 4) is 17.2 Å². The van der Waals surface area contributed by atoms with Crippen LogP contribution in [0.15, 0.2) is 12.1 Å². The van der Waals surface area contributed by atoms with E-state index < -0.39 is 12.0 Å². The summed E-state index contributed by atoms with van der Waals surface area (Å²) in [6.45, 7) is 3.69. The van der Waals surface area contributed by atoms with Gasteiger partial charge in [0.25, 0.3) is 0 Å². The maximum absolute atomic E-state index is 12.2. The van der Waals surface area contributed by atoms with Crippen LogP contribution in [0.3, 0.4) is 0 Å². The predicted molar refractivity (Wildman–Crippen MR) is 93.4 cm³/mol. The van der Waals surface area contributed by atoms with Crippen LogP contribution in [-0.4, -0.2) is 44.4 Å². The normalized spacial score (nSPS) is 12.8. The zero-order valence-electron chi connectivity index (χ0n) is 15.4. The number of ether oxygens (including phenoxy) is 3. The lowest BCUT2D eigenvalue weighted by atomic mass is 9.99. The molecule has 0 aliphatic heterocycles. The Kier molecular flexibility index (Phi) is 8.04. The van der Waals surface area contributed by atoms with Crippen LogP contribution < -0.4 is 19.5 Å². The monoisotopic (exact) mass is 353 g/mol. The number of carbonyl (C=O) groups excluding carboxylic acids is 1. The zero-order valence-corrected chi connectivity index (χ0v) is 15.4. The van der Waals surface area contributed by atoms with Gasteiger partial charge in [-0.05, 0) is 24.0 Å². The van der Waals surface area contributed by atoms with Gasteiger partial charge in [0.2, 0.25) is 11.7 Å². The molecule has 0 saturated carbocycles. The van der Waals surface area contributed by atoms with E-state index in [4.69, 9.17) is 14.2 Å². The number of benzene rings is 1. The second kappa shape index (κ2) is 9.76. The van der Waals surface area contributed by atoms with Gasteiger partial charge < -0.3 is 24.6 Å². The fraction of sp³-hybridized carbons (Fsp3) is 0.556. The third-order valence-electron chi connectivity index (χ3n) is 4.20. The Hall–Kier alpha value is -2.44. The molecule has 25 heavy (non-hydrogen) atoms. The molecule has 7 nitrogen and oxygen atoms in total. The topological polar surface area (TPSA) is 94.1 Å². The van der Waals surface area contributed by atoms with Gasteiger partial charge in [0, 0.05) is 6.42 Å². The first-order valence-corrected chi connectivity index (χ1v) is 8.19. The Labute approximate surface area is 148 Å². The first kappa shape index (κ1) is 20.6. The molecule has 1 aromatic carbocycles. The number of hydrogen-bond acceptors (Lipinski definition) is 5. The number of nitrogens with one attached hydrogen (secondary N) is 1. The van der Waals surface area contributed by atoms with Gasteiger partial charge in [0.05, 0.1) is 21.3 Å². The number of aliphatic carboxylic acids is 1. The van der Waals surface area contributed by atoms with Crippen LogP contribution in [0.1, 0.15) is 32.3 Å². The molecule has 0 aliphatic rings. The first-order chi connectivity index (χ1) is 11.9. The van der Waals surface area contributed by atoms with E-state index in [1.165, 1.54) is 21.3 Å². The predicted octanol–water partition coefficient (Wildman–Crippen LogP) is 2.26. The maximum atomic E-state index is 12.2. The molecule has 0 heterocycles. The highest BCUT2D eigenvalue weighted by Gasteiger charge is 2.25. The molecule has 0 spiro atoms. The molecule has 1 aromatic rings. The number of rotatable bonds is 10. The Morgan fingerprint density at radius 2 is 1.76 bits per heavy atom. The third-order valence-corrected chi connectivity index (χ3v) is 4.20. The van der Waals surface area contributed by atoms with Crippen LogP contribution in [-0.2, 0) is 16.0 Å². The van der Waals surface area contributed by atoms with Crippen LogP contribution >= 0.6 is 0 Å². The van der Waals surface area contributed by atoms with E-state index in [1.54, 1.807) is 19.1 Å². The van der Waals surface area contributed by atoms with Crippen LogP contribution in [0.4, 0.5) is 0 Å². The summed E-state index contributed by atoms with van der Waals surface area (Å²) in [5.74, 6) is 0.0283. The van der Waals surface area contributed by atoms with Crippen molar-refractivity contribution in [2.45, 2.75) is 39.2 Å². The van der Waals surface area contributed by atoms with Crippen molar-refractivity contribution >= 4 is 11.9 Å². The van der Waals surface area contributed by atoms with E-state index in [2.05, 4.69) is 5.32 Å². The summed E-state index contributed by atoms with van der Waals surface area (Å²) in [5, 5.41) is 11.8. The van der Waals surface area contributed by atoms with Crippen LogP contribution in [0, 0.1) is 5.92 Å². The van der Waals surface area contributed by atoms with Crippen molar-refractivity contribution in [3.63, 3.8) is 0 Å². The molecule has 140 valence electrons. The van der Waals surface area contributed by atoms with Gasteiger partial charge in [0.15, 0.2) is 11.5 Å². The van der Waals surface area contributed by atoms with Gasteiger partial charge >= 0.3 is 5.97 Å². The SMILES string of the molecule is CCC(C)C(NC(=O)CCc1ccc(OC)c(OC)c1OC)C(=O)O. The van der Waals surface area contributed by atoms with Crippen LogP contribution in [0.25, 0.3) is 0 Å². The lowest BCUT2D eigenvalue weighted by Gasteiger charge is -2.20. The summed E-state index contributed by atoms with van der Waals surface area (Å²) in [6, 6.07) is 2.66. The summed E-state index contributed by atoms with van der Waals surface area (Å²) < 4.78 is 15.9. The third kappa shape index (κ3) is 5.27. The Morgan fingerprint density at radius 3 is 2.24 bits per heavy atom. The molecule has 2 atom stereocenters. The average Bonchev–Trinajstić information content (AvgIpc) is 2.62. The fourth-order valence-corrected chi connectivity index (χ4v) is 2.54. The fourth-order valence-electron chi connectivity index (χ4n) is 2.54. The Bertz CT molecular complexity index is 601. The quantitative estimate of drug-likeness (QED) is 0.670. The van der Waals surface area contributed by atoms with E-state index >= 15 is 0 Å². The molecule has 0 fully saturated rings.